The number of likely N-dealkylation sites (tertiary alicyclic amines) is 1. The molecule has 3 heteroatoms. The second-order valence-electron chi connectivity index (χ2n) is 6.15. The monoisotopic (exact) mass is 260 g/mol. The predicted octanol–water partition coefficient (Wildman–Crippen LogP) is 1.50. The normalized spacial score (nSPS) is 28.5. The Labute approximate surface area is 115 Å². The van der Waals surface area contributed by atoms with Crippen LogP contribution >= 0.6 is 0 Å². The van der Waals surface area contributed by atoms with Gasteiger partial charge in [-0.1, -0.05) is 24.3 Å². The molecule has 1 atom stereocenters. The standard InChI is InChI=1S/C16H24N2O/c1-18-10-7-14(8-11-18)17-12-16(19)9-6-13-4-2-3-5-15(13)16/h2-5,14,17,19H,6-12H2,1H3. The van der Waals surface area contributed by atoms with E-state index in [1.807, 2.05) is 6.07 Å². The minimum atomic E-state index is -0.653. The first-order valence-corrected chi connectivity index (χ1v) is 7.40. The molecule has 0 aromatic heterocycles. The van der Waals surface area contributed by atoms with Crippen LogP contribution in [0.3, 0.4) is 0 Å². The Morgan fingerprint density at radius 2 is 2.05 bits per heavy atom. The highest BCUT2D eigenvalue weighted by atomic mass is 16.3. The number of nitrogens with one attached hydrogen (secondary N) is 1. The number of hydrogen-bond donors (Lipinski definition) is 2. The molecule has 0 saturated carbocycles. The first-order chi connectivity index (χ1) is 9.17. The van der Waals surface area contributed by atoms with Crippen LogP contribution in [0.1, 0.15) is 30.4 Å². The van der Waals surface area contributed by atoms with E-state index >= 15 is 0 Å². The molecule has 104 valence electrons. The first kappa shape index (κ1) is 13.1. The lowest BCUT2D eigenvalue weighted by Gasteiger charge is -2.32. The van der Waals surface area contributed by atoms with Gasteiger partial charge in [-0.3, -0.25) is 0 Å². The summed E-state index contributed by atoms with van der Waals surface area (Å²) in [4.78, 5) is 2.37. The molecular formula is C16H24N2O. The minimum Gasteiger partial charge on any atom is -0.384 e. The van der Waals surface area contributed by atoms with Crippen molar-refractivity contribution in [3.8, 4) is 0 Å². The Hall–Kier alpha value is -0.900. The van der Waals surface area contributed by atoms with Crippen LogP contribution in [-0.2, 0) is 12.0 Å². The molecular weight excluding hydrogens is 236 g/mol. The number of aryl methyl sites for hydroxylation is 1. The van der Waals surface area contributed by atoms with Gasteiger partial charge in [-0.05, 0) is 56.9 Å². The van der Waals surface area contributed by atoms with Crippen LogP contribution in [0.25, 0.3) is 0 Å². The lowest BCUT2D eigenvalue weighted by Crippen LogP contribution is -2.46. The van der Waals surface area contributed by atoms with Gasteiger partial charge in [0.05, 0.1) is 0 Å². The number of piperidine rings is 1. The maximum atomic E-state index is 10.9. The maximum absolute atomic E-state index is 10.9. The molecule has 1 aromatic rings. The lowest BCUT2D eigenvalue weighted by molar-refractivity contribution is 0.0333. The van der Waals surface area contributed by atoms with Crippen molar-refractivity contribution < 1.29 is 5.11 Å². The molecule has 0 spiro atoms. The molecule has 1 aliphatic heterocycles. The number of fused-ring (bicyclic) bond motifs is 1. The SMILES string of the molecule is CN1CCC(NCC2(O)CCc3ccccc32)CC1. The largest absolute Gasteiger partial charge is 0.384 e. The fraction of sp³-hybridized carbons (Fsp3) is 0.625. The summed E-state index contributed by atoms with van der Waals surface area (Å²) in [5, 5.41) is 14.4. The van der Waals surface area contributed by atoms with Crippen LogP contribution in [0.2, 0.25) is 0 Å². The van der Waals surface area contributed by atoms with Crippen LogP contribution in [-0.4, -0.2) is 42.7 Å². The molecule has 1 heterocycles. The molecule has 0 amide bonds. The summed E-state index contributed by atoms with van der Waals surface area (Å²) >= 11 is 0. The summed E-state index contributed by atoms with van der Waals surface area (Å²) in [7, 11) is 2.18. The Kier molecular flexibility index (Phi) is 3.61. The third kappa shape index (κ3) is 2.69. The summed E-state index contributed by atoms with van der Waals surface area (Å²) < 4.78 is 0. The highest BCUT2D eigenvalue weighted by Crippen LogP contribution is 2.36. The number of hydrogen-bond acceptors (Lipinski definition) is 3. The fourth-order valence-corrected chi connectivity index (χ4v) is 3.38. The lowest BCUT2D eigenvalue weighted by atomic mass is 9.95. The minimum absolute atomic E-state index is 0.563. The fourth-order valence-electron chi connectivity index (χ4n) is 3.38. The summed E-state index contributed by atoms with van der Waals surface area (Å²) in [5.74, 6) is 0. The molecule has 2 aliphatic rings. The number of nitrogens with zero attached hydrogens (tertiary/aromatic N) is 1. The Bertz CT molecular complexity index is 440. The molecule has 3 nitrogen and oxygen atoms in total. The molecule has 1 saturated heterocycles. The quantitative estimate of drug-likeness (QED) is 0.864. The topological polar surface area (TPSA) is 35.5 Å². The van der Waals surface area contributed by atoms with Crippen LogP contribution in [0.15, 0.2) is 24.3 Å². The zero-order valence-corrected chi connectivity index (χ0v) is 11.7. The van der Waals surface area contributed by atoms with Gasteiger partial charge in [0.15, 0.2) is 0 Å². The van der Waals surface area contributed by atoms with Crippen LogP contribution in [0.4, 0.5) is 0 Å². The van der Waals surface area contributed by atoms with Crippen molar-refractivity contribution in [2.45, 2.75) is 37.3 Å². The van der Waals surface area contributed by atoms with E-state index in [1.165, 1.54) is 18.4 Å². The van der Waals surface area contributed by atoms with E-state index in [1.54, 1.807) is 0 Å². The van der Waals surface area contributed by atoms with E-state index < -0.39 is 5.60 Å². The van der Waals surface area contributed by atoms with Crippen molar-refractivity contribution in [2.75, 3.05) is 26.7 Å². The molecule has 2 N–H and O–H groups in total. The van der Waals surface area contributed by atoms with Gasteiger partial charge in [-0.25, -0.2) is 0 Å². The van der Waals surface area contributed by atoms with Gasteiger partial charge in [0, 0.05) is 12.6 Å². The zero-order chi connectivity index (χ0) is 13.3. The Morgan fingerprint density at radius 1 is 1.32 bits per heavy atom. The third-order valence-electron chi connectivity index (χ3n) is 4.73. The average molecular weight is 260 g/mol. The van der Waals surface area contributed by atoms with E-state index in [4.69, 9.17) is 0 Å². The Balaban J connectivity index is 1.61. The van der Waals surface area contributed by atoms with Crippen molar-refractivity contribution in [2.24, 2.45) is 0 Å². The number of rotatable bonds is 3. The molecule has 1 fully saturated rings. The van der Waals surface area contributed by atoms with Gasteiger partial charge < -0.3 is 15.3 Å². The van der Waals surface area contributed by atoms with Crippen molar-refractivity contribution in [1.29, 1.82) is 0 Å². The third-order valence-corrected chi connectivity index (χ3v) is 4.73. The Morgan fingerprint density at radius 3 is 2.84 bits per heavy atom. The van der Waals surface area contributed by atoms with Crippen molar-refractivity contribution >= 4 is 0 Å². The summed E-state index contributed by atoms with van der Waals surface area (Å²) in [6.07, 6.45) is 4.23. The zero-order valence-electron chi connectivity index (χ0n) is 11.7. The van der Waals surface area contributed by atoms with Gasteiger partial charge >= 0.3 is 0 Å². The van der Waals surface area contributed by atoms with E-state index in [2.05, 4.69) is 35.5 Å². The van der Waals surface area contributed by atoms with E-state index in [0.29, 0.717) is 12.6 Å². The van der Waals surface area contributed by atoms with Crippen LogP contribution < -0.4 is 5.32 Å². The molecule has 1 aromatic carbocycles. The summed E-state index contributed by atoms with van der Waals surface area (Å²) in [6, 6.07) is 8.88. The second-order valence-corrected chi connectivity index (χ2v) is 6.15. The molecule has 19 heavy (non-hydrogen) atoms. The van der Waals surface area contributed by atoms with Crippen molar-refractivity contribution in [3.05, 3.63) is 35.4 Å². The van der Waals surface area contributed by atoms with Gasteiger partial charge in [0.1, 0.15) is 5.60 Å². The highest BCUT2D eigenvalue weighted by Gasteiger charge is 2.36. The predicted molar refractivity (Wildman–Crippen MR) is 77.2 cm³/mol. The summed E-state index contributed by atoms with van der Waals surface area (Å²) in [5.41, 5.74) is 1.80. The van der Waals surface area contributed by atoms with Crippen LogP contribution in [0, 0.1) is 0 Å². The first-order valence-electron chi connectivity index (χ1n) is 7.40. The molecule has 1 unspecified atom stereocenters. The smallest absolute Gasteiger partial charge is 0.103 e. The number of benzene rings is 1. The number of aliphatic hydroxyl groups is 1. The van der Waals surface area contributed by atoms with Crippen molar-refractivity contribution in [3.63, 3.8) is 0 Å². The van der Waals surface area contributed by atoms with Crippen LogP contribution in [0.5, 0.6) is 0 Å². The molecule has 0 bridgehead atoms. The van der Waals surface area contributed by atoms with Gasteiger partial charge in [-0.2, -0.15) is 0 Å². The van der Waals surface area contributed by atoms with Gasteiger partial charge in [0.25, 0.3) is 0 Å². The van der Waals surface area contributed by atoms with E-state index in [9.17, 15) is 5.11 Å². The maximum Gasteiger partial charge on any atom is 0.103 e. The molecule has 1 aliphatic carbocycles. The highest BCUT2D eigenvalue weighted by molar-refractivity contribution is 5.37. The van der Waals surface area contributed by atoms with E-state index in [-0.39, 0.29) is 0 Å². The summed E-state index contributed by atoms with van der Waals surface area (Å²) in [6.45, 7) is 3.01. The van der Waals surface area contributed by atoms with Crippen molar-refractivity contribution in [1.82, 2.24) is 10.2 Å². The van der Waals surface area contributed by atoms with E-state index in [0.717, 1.165) is 31.5 Å². The molecule has 0 radical (unpaired) electrons. The average Bonchev–Trinajstić information content (AvgIpc) is 2.77. The second kappa shape index (κ2) is 5.23. The van der Waals surface area contributed by atoms with Gasteiger partial charge in [-0.15, -0.1) is 0 Å². The molecule has 3 rings (SSSR count). The van der Waals surface area contributed by atoms with Gasteiger partial charge in [0.2, 0.25) is 0 Å².